The topological polar surface area (TPSA) is 12.5 Å². The van der Waals surface area contributed by atoms with Crippen molar-refractivity contribution in [2.45, 2.75) is 6.54 Å². The monoisotopic (exact) mass is 179 g/mol. The van der Waals surface area contributed by atoms with Gasteiger partial charge in [0.05, 0.1) is 6.61 Å². The van der Waals surface area contributed by atoms with Crippen molar-refractivity contribution >= 4 is 0 Å². The lowest BCUT2D eigenvalue weighted by Gasteiger charge is -2.15. The molecule has 1 rings (SSSR count). The Balaban J connectivity index is 2.32. The Bertz CT molecular complexity index is 223. The Morgan fingerprint density at radius 1 is 1.23 bits per heavy atom. The third-order valence-corrected chi connectivity index (χ3v) is 1.97. The van der Waals surface area contributed by atoms with Gasteiger partial charge in [-0.3, -0.25) is 4.90 Å². The molecular formula is C11H17NO. The summed E-state index contributed by atoms with van der Waals surface area (Å²) in [6, 6.07) is 10.5. The lowest BCUT2D eigenvalue weighted by Crippen LogP contribution is -2.22. The molecule has 0 aliphatic heterocycles. The van der Waals surface area contributed by atoms with Gasteiger partial charge < -0.3 is 4.74 Å². The lowest BCUT2D eigenvalue weighted by atomic mass is 10.2. The van der Waals surface area contributed by atoms with Crippen LogP contribution in [0.2, 0.25) is 0 Å². The van der Waals surface area contributed by atoms with Gasteiger partial charge in [0.15, 0.2) is 0 Å². The second-order valence-electron chi connectivity index (χ2n) is 3.22. The predicted octanol–water partition coefficient (Wildman–Crippen LogP) is 1.76. The molecule has 2 nitrogen and oxygen atoms in total. The number of benzene rings is 1. The van der Waals surface area contributed by atoms with E-state index in [1.807, 2.05) is 6.07 Å². The van der Waals surface area contributed by atoms with Gasteiger partial charge in [-0.2, -0.15) is 0 Å². The first kappa shape index (κ1) is 10.2. The summed E-state index contributed by atoms with van der Waals surface area (Å²) >= 11 is 0. The Hall–Kier alpha value is -0.860. The molecule has 0 bridgehead atoms. The number of ether oxygens (including phenoxy) is 1. The van der Waals surface area contributed by atoms with E-state index in [1.54, 1.807) is 7.11 Å². The molecule has 13 heavy (non-hydrogen) atoms. The summed E-state index contributed by atoms with van der Waals surface area (Å²) in [5.74, 6) is 0. The number of nitrogens with zero attached hydrogens (tertiary/aromatic N) is 1. The van der Waals surface area contributed by atoms with Crippen molar-refractivity contribution in [3.63, 3.8) is 0 Å². The standard InChI is InChI=1S/C11H17NO/c1-12(8-9-13-2)10-11-6-4-3-5-7-11/h3-7H,8-10H2,1-2H3. The lowest BCUT2D eigenvalue weighted by molar-refractivity contribution is 0.158. The number of likely N-dealkylation sites (N-methyl/N-ethyl adjacent to an activating group) is 1. The summed E-state index contributed by atoms with van der Waals surface area (Å²) in [5.41, 5.74) is 1.35. The molecule has 1 aromatic carbocycles. The molecule has 0 fully saturated rings. The smallest absolute Gasteiger partial charge is 0.0589 e. The molecule has 0 aliphatic carbocycles. The number of rotatable bonds is 5. The van der Waals surface area contributed by atoms with Crippen LogP contribution in [0.15, 0.2) is 30.3 Å². The van der Waals surface area contributed by atoms with Crippen molar-refractivity contribution in [3.05, 3.63) is 35.9 Å². The maximum absolute atomic E-state index is 5.01. The highest BCUT2D eigenvalue weighted by molar-refractivity contribution is 5.14. The summed E-state index contributed by atoms with van der Waals surface area (Å²) in [4.78, 5) is 2.25. The Morgan fingerprint density at radius 3 is 2.54 bits per heavy atom. The van der Waals surface area contributed by atoms with Gasteiger partial charge in [-0.25, -0.2) is 0 Å². The Kier molecular flexibility index (Phi) is 4.50. The second kappa shape index (κ2) is 5.73. The van der Waals surface area contributed by atoms with Gasteiger partial charge in [-0.1, -0.05) is 30.3 Å². The van der Waals surface area contributed by atoms with Crippen molar-refractivity contribution in [3.8, 4) is 0 Å². The zero-order chi connectivity index (χ0) is 9.52. The van der Waals surface area contributed by atoms with Crippen LogP contribution < -0.4 is 0 Å². The van der Waals surface area contributed by atoms with E-state index in [2.05, 4.69) is 36.2 Å². The van der Waals surface area contributed by atoms with E-state index in [0.717, 1.165) is 19.7 Å². The summed E-state index contributed by atoms with van der Waals surface area (Å²) in [5, 5.41) is 0. The van der Waals surface area contributed by atoms with Crippen molar-refractivity contribution in [2.75, 3.05) is 27.3 Å². The van der Waals surface area contributed by atoms with Crippen molar-refractivity contribution in [2.24, 2.45) is 0 Å². The van der Waals surface area contributed by atoms with Gasteiger partial charge in [-0.15, -0.1) is 0 Å². The van der Waals surface area contributed by atoms with Gasteiger partial charge in [-0.05, 0) is 12.6 Å². The predicted molar refractivity (Wildman–Crippen MR) is 54.7 cm³/mol. The first-order valence-corrected chi connectivity index (χ1v) is 4.54. The van der Waals surface area contributed by atoms with Crippen LogP contribution in [0.3, 0.4) is 0 Å². The van der Waals surface area contributed by atoms with Crippen LogP contribution in [0.25, 0.3) is 0 Å². The molecule has 0 unspecified atom stereocenters. The maximum Gasteiger partial charge on any atom is 0.0589 e. The largest absolute Gasteiger partial charge is 0.383 e. The third-order valence-electron chi connectivity index (χ3n) is 1.97. The highest BCUT2D eigenvalue weighted by atomic mass is 16.5. The average Bonchev–Trinajstić information content (AvgIpc) is 2.16. The van der Waals surface area contributed by atoms with E-state index in [1.165, 1.54) is 5.56 Å². The zero-order valence-corrected chi connectivity index (χ0v) is 8.36. The minimum atomic E-state index is 0.795. The molecule has 0 saturated heterocycles. The van der Waals surface area contributed by atoms with Gasteiger partial charge in [0.25, 0.3) is 0 Å². The van der Waals surface area contributed by atoms with Crippen LogP contribution in [-0.2, 0) is 11.3 Å². The normalized spacial score (nSPS) is 10.7. The molecule has 0 spiro atoms. The van der Waals surface area contributed by atoms with Crippen LogP contribution in [-0.4, -0.2) is 32.2 Å². The number of methoxy groups -OCH3 is 1. The molecule has 0 radical (unpaired) electrons. The molecule has 0 aliphatic rings. The van der Waals surface area contributed by atoms with Crippen LogP contribution in [0.5, 0.6) is 0 Å². The summed E-state index contributed by atoms with van der Waals surface area (Å²) < 4.78 is 5.01. The molecule has 0 aromatic heterocycles. The van der Waals surface area contributed by atoms with Gasteiger partial charge in [0.1, 0.15) is 0 Å². The molecule has 1 aromatic rings. The average molecular weight is 179 g/mol. The zero-order valence-electron chi connectivity index (χ0n) is 8.36. The van der Waals surface area contributed by atoms with Crippen molar-refractivity contribution < 1.29 is 4.74 Å². The van der Waals surface area contributed by atoms with E-state index in [4.69, 9.17) is 4.74 Å². The Labute approximate surface area is 80.1 Å². The van der Waals surface area contributed by atoms with Gasteiger partial charge >= 0.3 is 0 Å². The molecular weight excluding hydrogens is 162 g/mol. The van der Waals surface area contributed by atoms with Gasteiger partial charge in [0.2, 0.25) is 0 Å². The Morgan fingerprint density at radius 2 is 1.92 bits per heavy atom. The quantitative estimate of drug-likeness (QED) is 0.683. The first-order chi connectivity index (χ1) is 6.33. The van der Waals surface area contributed by atoms with Crippen LogP contribution >= 0.6 is 0 Å². The van der Waals surface area contributed by atoms with E-state index >= 15 is 0 Å². The van der Waals surface area contributed by atoms with E-state index < -0.39 is 0 Å². The van der Waals surface area contributed by atoms with E-state index in [9.17, 15) is 0 Å². The highest BCUT2D eigenvalue weighted by Crippen LogP contribution is 2.01. The summed E-state index contributed by atoms with van der Waals surface area (Å²) in [6.07, 6.45) is 0. The number of hydrogen-bond acceptors (Lipinski definition) is 2. The molecule has 0 amide bonds. The fraction of sp³-hybridized carbons (Fsp3) is 0.455. The maximum atomic E-state index is 5.01. The fourth-order valence-corrected chi connectivity index (χ4v) is 1.22. The highest BCUT2D eigenvalue weighted by Gasteiger charge is 1.98. The van der Waals surface area contributed by atoms with Crippen LogP contribution in [0.1, 0.15) is 5.56 Å². The fourth-order valence-electron chi connectivity index (χ4n) is 1.22. The number of hydrogen-bond donors (Lipinski definition) is 0. The third kappa shape index (κ3) is 4.06. The molecule has 0 heterocycles. The second-order valence-corrected chi connectivity index (χ2v) is 3.22. The molecule has 72 valence electrons. The minimum Gasteiger partial charge on any atom is -0.383 e. The van der Waals surface area contributed by atoms with Crippen molar-refractivity contribution in [1.29, 1.82) is 0 Å². The summed E-state index contributed by atoms with van der Waals surface area (Å²) in [7, 11) is 3.84. The van der Waals surface area contributed by atoms with Crippen LogP contribution in [0.4, 0.5) is 0 Å². The molecule has 0 saturated carbocycles. The molecule has 0 N–H and O–H groups in total. The van der Waals surface area contributed by atoms with Crippen LogP contribution in [0, 0.1) is 0 Å². The van der Waals surface area contributed by atoms with E-state index in [0.29, 0.717) is 0 Å². The first-order valence-electron chi connectivity index (χ1n) is 4.54. The van der Waals surface area contributed by atoms with E-state index in [-0.39, 0.29) is 0 Å². The van der Waals surface area contributed by atoms with Gasteiger partial charge in [0, 0.05) is 20.2 Å². The SMILES string of the molecule is COCCN(C)Cc1ccccc1. The van der Waals surface area contributed by atoms with Crippen molar-refractivity contribution in [1.82, 2.24) is 4.90 Å². The minimum absolute atomic E-state index is 0.795. The molecule has 2 heteroatoms. The summed E-state index contributed by atoms with van der Waals surface area (Å²) in [6.45, 7) is 2.76. The molecule has 0 atom stereocenters.